The zero-order valence-corrected chi connectivity index (χ0v) is 18.3. The van der Waals surface area contributed by atoms with Gasteiger partial charge in [-0.1, -0.05) is 36.4 Å². The summed E-state index contributed by atoms with van der Waals surface area (Å²) >= 11 is 0. The molecule has 1 aliphatic rings. The Balaban J connectivity index is 1.56. The summed E-state index contributed by atoms with van der Waals surface area (Å²) in [6.45, 7) is 0.689. The molecule has 0 saturated carbocycles. The minimum Gasteiger partial charge on any atom is -0.493 e. The van der Waals surface area contributed by atoms with Crippen LogP contribution in [0.15, 0.2) is 66.9 Å². The van der Waals surface area contributed by atoms with Crippen LogP contribution in [0.3, 0.4) is 0 Å². The molecule has 2 heterocycles. The van der Waals surface area contributed by atoms with Crippen molar-refractivity contribution in [2.45, 2.75) is 18.9 Å². The van der Waals surface area contributed by atoms with Gasteiger partial charge in [0.25, 0.3) is 0 Å². The van der Waals surface area contributed by atoms with Gasteiger partial charge in [-0.25, -0.2) is 0 Å². The van der Waals surface area contributed by atoms with Crippen LogP contribution >= 0.6 is 0 Å². The van der Waals surface area contributed by atoms with Crippen LogP contribution in [0.1, 0.15) is 22.7 Å². The van der Waals surface area contributed by atoms with E-state index in [-0.39, 0.29) is 6.04 Å². The first-order chi connectivity index (χ1) is 15.7. The van der Waals surface area contributed by atoms with E-state index < -0.39 is 0 Å². The molecule has 0 fully saturated rings. The molecule has 0 aliphatic carbocycles. The Bertz CT molecular complexity index is 1260. The lowest BCUT2D eigenvalue weighted by molar-refractivity contribution is -0.120. The van der Waals surface area contributed by atoms with Crippen LogP contribution < -0.4 is 9.47 Å². The molecule has 5 heteroatoms. The molecule has 5 rings (SSSR count). The predicted octanol–water partition coefficient (Wildman–Crippen LogP) is 5.15. The lowest BCUT2D eigenvalue weighted by atomic mass is 9.88. The first kappa shape index (κ1) is 20.2. The fourth-order valence-electron chi connectivity index (χ4n) is 4.77. The van der Waals surface area contributed by atoms with E-state index in [1.54, 1.807) is 14.2 Å². The summed E-state index contributed by atoms with van der Waals surface area (Å²) in [5, 5.41) is 1.19. The van der Waals surface area contributed by atoms with Gasteiger partial charge in [0.1, 0.15) is 0 Å². The fourth-order valence-corrected chi connectivity index (χ4v) is 4.77. The van der Waals surface area contributed by atoms with Crippen molar-refractivity contribution in [1.29, 1.82) is 0 Å². The zero-order valence-electron chi connectivity index (χ0n) is 18.3. The molecular formula is C27H26N2O3. The van der Waals surface area contributed by atoms with Gasteiger partial charge < -0.3 is 19.4 Å². The van der Waals surface area contributed by atoms with E-state index in [9.17, 15) is 4.79 Å². The Hall–Kier alpha value is -3.73. The molecule has 0 radical (unpaired) electrons. The first-order valence-electron chi connectivity index (χ1n) is 10.8. The highest BCUT2D eigenvalue weighted by Crippen LogP contribution is 2.40. The van der Waals surface area contributed by atoms with Crippen LogP contribution in [0.5, 0.6) is 11.5 Å². The van der Waals surface area contributed by atoms with Crippen molar-refractivity contribution in [3.8, 4) is 22.6 Å². The van der Waals surface area contributed by atoms with E-state index in [1.165, 1.54) is 27.6 Å². The minimum atomic E-state index is -0.0598. The van der Waals surface area contributed by atoms with Gasteiger partial charge in [-0.15, -0.1) is 0 Å². The minimum absolute atomic E-state index is 0.0598. The van der Waals surface area contributed by atoms with Crippen molar-refractivity contribution in [1.82, 2.24) is 9.88 Å². The Kier molecular flexibility index (Phi) is 5.31. The number of aromatic amines is 1. The number of ether oxygens (including phenoxy) is 2. The molecule has 0 unspecified atom stereocenters. The number of nitrogens with one attached hydrogen (secondary N) is 1. The maximum atomic E-state index is 12.0. The molecule has 0 spiro atoms. The SMILES string of the molecule is COc1cc2c(cc1OC)[C@H](Cc1c[nH]c3ccc(-c4ccccc4)cc13)N(C=O)CC2. The Morgan fingerprint density at radius 1 is 1.00 bits per heavy atom. The molecule has 5 nitrogen and oxygen atoms in total. The quantitative estimate of drug-likeness (QED) is 0.434. The Morgan fingerprint density at radius 3 is 2.53 bits per heavy atom. The highest BCUT2D eigenvalue weighted by Gasteiger charge is 2.29. The van der Waals surface area contributed by atoms with Crippen molar-refractivity contribution in [2.75, 3.05) is 20.8 Å². The van der Waals surface area contributed by atoms with E-state index in [4.69, 9.17) is 9.47 Å². The van der Waals surface area contributed by atoms with E-state index in [1.807, 2.05) is 23.1 Å². The van der Waals surface area contributed by atoms with Gasteiger partial charge in [0.2, 0.25) is 6.41 Å². The third kappa shape index (κ3) is 3.50. The highest BCUT2D eigenvalue weighted by atomic mass is 16.5. The maximum Gasteiger partial charge on any atom is 0.210 e. The maximum absolute atomic E-state index is 12.0. The number of carbonyl (C=O) groups is 1. The van der Waals surface area contributed by atoms with Crippen molar-refractivity contribution >= 4 is 17.3 Å². The second kappa shape index (κ2) is 8.42. The molecule has 0 bridgehead atoms. The third-order valence-corrected chi connectivity index (χ3v) is 6.47. The second-order valence-corrected chi connectivity index (χ2v) is 8.16. The summed E-state index contributed by atoms with van der Waals surface area (Å²) in [4.78, 5) is 17.3. The molecular weight excluding hydrogens is 400 g/mol. The average Bonchev–Trinajstić information content (AvgIpc) is 3.25. The summed E-state index contributed by atoms with van der Waals surface area (Å²) in [6, 6.07) is 20.9. The molecule has 162 valence electrons. The van der Waals surface area contributed by atoms with Gasteiger partial charge in [-0.05, 0) is 64.9 Å². The molecule has 0 saturated heterocycles. The number of methoxy groups -OCH3 is 2. The number of carbonyl (C=O) groups excluding carboxylic acids is 1. The van der Waals surface area contributed by atoms with Gasteiger partial charge in [0.15, 0.2) is 11.5 Å². The van der Waals surface area contributed by atoms with Crippen LogP contribution in [0.25, 0.3) is 22.0 Å². The number of rotatable bonds is 6. The molecule has 1 aromatic heterocycles. The number of H-pyrrole nitrogens is 1. The van der Waals surface area contributed by atoms with Gasteiger partial charge in [0.05, 0.1) is 20.3 Å². The van der Waals surface area contributed by atoms with Crippen LogP contribution in [0.2, 0.25) is 0 Å². The summed E-state index contributed by atoms with van der Waals surface area (Å²) in [6.07, 6.45) is 4.56. The van der Waals surface area contributed by atoms with Crippen LogP contribution in [-0.4, -0.2) is 37.1 Å². The summed E-state index contributed by atoms with van der Waals surface area (Å²) in [5.41, 5.74) is 6.99. The van der Waals surface area contributed by atoms with Gasteiger partial charge in [-0.2, -0.15) is 0 Å². The molecule has 1 N–H and O–H groups in total. The summed E-state index contributed by atoms with van der Waals surface area (Å²) < 4.78 is 11.0. The van der Waals surface area contributed by atoms with Crippen molar-refractivity contribution < 1.29 is 14.3 Å². The number of fused-ring (bicyclic) bond motifs is 2. The largest absolute Gasteiger partial charge is 0.493 e. The molecule has 1 aliphatic heterocycles. The van der Waals surface area contributed by atoms with E-state index in [0.29, 0.717) is 12.3 Å². The van der Waals surface area contributed by atoms with E-state index in [0.717, 1.165) is 36.1 Å². The normalized spacial score (nSPS) is 15.4. The molecule has 4 aromatic rings. The van der Waals surface area contributed by atoms with Gasteiger partial charge >= 0.3 is 0 Å². The summed E-state index contributed by atoms with van der Waals surface area (Å²) in [5.74, 6) is 1.42. The van der Waals surface area contributed by atoms with Crippen LogP contribution in [0, 0.1) is 0 Å². The molecule has 1 atom stereocenters. The standard InChI is InChI=1S/C27H26N2O3/c1-31-26-14-20-10-11-29(17-30)25(23(20)15-27(26)32-2)13-21-16-28-24-9-8-19(12-22(21)24)18-6-4-3-5-7-18/h3-9,12,14-17,25,28H,10-11,13H2,1-2H3/t25-/m0/s1. The molecule has 3 aromatic carbocycles. The lowest BCUT2D eigenvalue weighted by Crippen LogP contribution is -2.35. The van der Waals surface area contributed by atoms with Gasteiger partial charge in [-0.3, -0.25) is 4.79 Å². The highest BCUT2D eigenvalue weighted by molar-refractivity contribution is 5.88. The second-order valence-electron chi connectivity index (χ2n) is 8.16. The monoisotopic (exact) mass is 426 g/mol. The zero-order chi connectivity index (χ0) is 22.1. The molecule has 1 amide bonds. The fraction of sp³-hybridized carbons (Fsp3) is 0.222. The molecule has 32 heavy (non-hydrogen) atoms. The van der Waals surface area contributed by atoms with Gasteiger partial charge in [0, 0.05) is 23.6 Å². The average molecular weight is 427 g/mol. The summed E-state index contributed by atoms with van der Waals surface area (Å²) in [7, 11) is 3.29. The number of hydrogen-bond donors (Lipinski definition) is 1. The van der Waals surface area contributed by atoms with Crippen molar-refractivity contribution in [3.05, 3.63) is 83.6 Å². The lowest BCUT2D eigenvalue weighted by Gasteiger charge is -2.35. The van der Waals surface area contributed by atoms with Crippen molar-refractivity contribution in [2.24, 2.45) is 0 Å². The van der Waals surface area contributed by atoms with E-state index in [2.05, 4.69) is 53.6 Å². The number of amides is 1. The predicted molar refractivity (Wildman–Crippen MR) is 126 cm³/mol. The Morgan fingerprint density at radius 2 is 1.78 bits per heavy atom. The third-order valence-electron chi connectivity index (χ3n) is 6.47. The number of hydrogen-bond acceptors (Lipinski definition) is 3. The smallest absolute Gasteiger partial charge is 0.210 e. The number of benzene rings is 3. The first-order valence-corrected chi connectivity index (χ1v) is 10.8. The Labute approximate surface area is 187 Å². The van der Waals surface area contributed by atoms with Crippen LogP contribution in [0.4, 0.5) is 0 Å². The number of aromatic nitrogens is 1. The van der Waals surface area contributed by atoms with E-state index >= 15 is 0 Å². The number of nitrogens with zero attached hydrogens (tertiary/aromatic N) is 1. The van der Waals surface area contributed by atoms with Crippen LogP contribution in [-0.2, 0) is 17.6 Å². The topological polar surface area (TPSA) is 54.6 Å². The van der Waals surface area contributed by atoms with Crippen molar-refractivity contribution in [3.63, 3.8) is 0 Å².